The van der Waals surface area contributed by atoms with Crippen molar-refractivity contribution in [2.45, 2.75) is 243 Å². The van der Waals surface area contributed by atoms with Crippen molar-refractivity contribution in [2.24, 2.45) is 52.3 Å². The fraction of sp³-hybridized carbons (Fsp3) is 0.640. The van der Waals surface area contributed by atoms with Crippen LogP contribution in [0, 0.1) is 23.7 Å². The molecule has 614 valence electrons. The first-order valence-corrected chi connectivity index (χ1v) is 40.7. The molecule has 35 heteroatoms. The standard InChI is InChI=1S/C75H122N18O15S2/c1-10-44(8)61-74(107)91-60(63(80)96)40-110-109-39-49(79)64(97)82-51(26-16-19-29-76)65(98)85-55(33-42(4)5)69(102)86-54(32-41(2)3)68(101)83-53(28-18-21-31-78)67(100)93-62(45(9)95)75(108)89-57(35-46-22-12-11-13-23-46)71(104)87-56(34-43(6)7)70(103)90-59(38-94)73(106)84-52(27-17-20-30-77)66(99)88-58(72(105)92-61)36-47-37-81-50-25-15-14-24-48(47)50/h11-15,22-25,37,41-45,49,51-62,81,94-95H,10,16-21,26-36,38-40,76-79H2,1-9H3,(H2,80,96)(H,82,97)(H,83,101)(H,84,106)(H,85,98)(H,86,102)(H,87,104)(H,88,99)(H,89,108)(H,90,103)(H,91,107)(H,92,105)(H,93,100)/t44-,45+,49-,51-,52-,53-,54-,55-,56-,57-,58-,59-,60-,61-,62-/m0/s1. The molecule has 1 fully saturated rings. The zero-order valence-electron chi connectivity index (χ0n) is 64.9. The van der Waals surface area contributed by atoms with Gasteiger partial charge in [-0.05, 0) is 144 Å². The number of aromatic amines is 1. The highest BCUT2D eigenvalue weighted by Gasteiger charge is 2.39. The van der Waals surface area contributed by atoms with E-state index < -0.39 is 174 Å². The lowest BCUT2D eigenvalue weighted by Crippen LogP contribution is -2.62. The Hall–Kier alpha value is -8.45. The zero-order valence-corrected chi connectivity index (χ0v) is 66.6. The first-order chi connectivity index (χ1) is 52.2. The molecule has 0 saturated carbocycles. The van der Waals surface area contributed by atoms with Gasteiger partial charge in [0.05, 0.1) is 18.8 Å². The van der Waals surface area contributed by atoms with Crippen LogP contribution in [0.2, 0.25) is 0 Å². The van der Waals surface area contributed by atoms with Crippen LogP contribution in [0.25, 0.3) is 10.9 Å². The van der Waals surface area contributed by atoms with Crippen molar-refractivity contribution in [3.63, 3.8) is 0 Å². The predicted octanol–water partition coefficient (Wildman–Crippen LogP) is -1.08. The molecule has 25 N–H and O–H groups in total. The summed E-state index contributed by atoms with van der Waals surface area (Å²) in [5, 5.41) is 55.0. The van der Waals surface area contributed by atoms with E-state index in [2.05, 4.69) is 68.8 Å². The van der Waals surface area contributed by atoms with Gasteiger partial charge in [-0.1, -0.05) is 132 Å². The molecule has 1 aliphatic rings. The lowest BCUT2D eigenvalue weighted by atomic mass is 9.96. The van der Waals surface area contributed by atoms with Crippen molar-refractivity contribution in [1.82, 2.24) is 68.8 Å². The zero-order chi connectivity index (χ0) is 81.7. The SMILES string of the molecule is CC[C@H](C)[C@@H]1NC(=O)[C@H](Cc2c[nH]c3ccccc23)NC(=O)[C@H](CCCCN)NC(=O)[C@H](CO)NC(=O)[C@H](CC(C)C)NC(=O)[C@H](Cc2ccccc2)NC(=O)[C@H]([C@@H](C)O)NC(=O)[C@H](CCCCN)NC(=O)[C@H](CC(C)C)NC(=O)[C@H](CC(C)C)NC(=O)[C@H](CCCCN)NC(=O)[C@@H](N)CSSC[C@@H](C(N)=O)NC1=O. The van der Waals surface area contributed by atoms with E-state index in [-0.39, 0.29) is 113 Å². The van der Waals surface area contributed by atoms with Crippen LogP contribution >= 0.6 is 21.6 Å². The highest BCUT2D eigenvalue weighted by molar-refractivity contribution is 8.76. The number of aliphatic hydroxyl groups excluding tert-OH is 2. The summed E-state index contributed by atoms with van der Waals surface area (Å²) in [4.78, 5) is 191. The van der Waals surface area contributed by atoms with Gasteiger partial charge in [0, 0.05) is 41.4 Å². The van der Waals surface area contributed by atoms with Crippen molar-refractivity contribution in [3.05, 3.63) is 71.9 Å². The summed E-state index contributed by atoms with van der Waals surface area (Å²) < 4.78 is 0. The average Bonchev–Trinajstić information content (AvgIpc) is 1.64. The minimum Gasteiger partial charge on any atom is -0.394 e. The maximum absolute atomic E-state index is 14.9. The van der Waals surface area contributed by atoms with Crippen molar-refractivity contribution in [3.8, 4) is 0 Å². The molecule has 1 aliphatic heterocycles. The van der Waals surface area contributed by atoms with Gasteiger partial charge in [0.2, 0.25) is 76.8 Å². The third-order valence-electron chi connectivity index (χ3n) is 18.6. The number of benzene rings is 2. The Kier molecular flexibility index (Phi) is 41.9. The number of fused-ring (bicyclic) bond motifs is 1. The van der Waals surface area contributed by atoms with E-state index in [4.69, 9.17) is 28.7 Å². The number of nitrogens with one attached hydrogen (secondary N) is 13. The third-order valence-corrected chi connectivity index (χ3v) is 21.1. The second-order valence-corrected chi connectivity index (χ2v) is 32.0. The maximum Gasteiger partial charge on any atom is 0.245 e. The molecule has 15 atom stereocenters. The molecular formula is C75H122N18O15S2. The summed E-state index contributed by atoms with van der Waals surface area (Å²) in [5.74, 6) is -13.1. The third kappa shape index (κ3) is 32.1. The van der Waals surface area contributed by atoms with Crippen LogP contribution in [-0.2, 0) is 75.2 Å². The highest BCUT2D eigenvalue weighted by atomic mass is 33.1. The first-order valence-electron chi connectivity index (χ1n) is 38.2. The van der Waals surface area contributed by atoms with E-state index in [1.807, 2.05) is 19.9 Å². The minimum absolute atomic E-state index is 0.0325. The largest absolute Gasteiger partial charge is 0.394 e. The molecule has 2 aromatic carbocycles. The number of rotatable bonds is 27. The number of H-pyrrole nitrogens is 1. The number of unbranched alkanes of at least 4 members (excludes halogenated alkanes) is 3. The van der Waals surface area contributed by atoms with Crippen LogP contribution in [0.3, 0.4) is 0 Å². The van der Waals surface area contributed by atoms with E-state index in [9.17, 15) is 72.5 Å². The molecule has 33 nitrogen and oxygen atoms in total. The van der Waals surface area contributed by atoms with E-state index in [1.54, 1.807) is 96.3 Å². The topological polar surface area (TPSA) is 553 Å². The molecule has 0 spiro atoms. The number of hydrogen-bond donors (Lipinski definition) is 20. The molecule has 110 heavy (non-hydrogen) atoms. The van der Waals surface area contributed by atoms with Crippen molar-refractivity contribution >= 4 is 109 Å². The van der Waals surface area contributed by atoms with Crippen LogP contribution in [0.5, 0.6) is 0 Å². The number of hydrogen-bond acceptors (Lipinski definition) is 21. The lowest BCUT2D eigenvalue weighted by molar-refractivity contribution is -0.137. The van der Waals surface area contributed by atoms with Gasteiger partial charge in [0.25, 0.3) is 0 Å². The Labute approximate surface area is 652 Å². The number of carbonyl (C=O) groups excluding carboxylic acids is 13. The van der Waals surface area contributed by atoms with E-state index in [0.717, 1.165) is 21.6 Å². The second kappa shape index (κ2) is 49.0. The van der Waals surface area contributed by atoms with Gasteiger partial charge in [0.15, 0.2) is 0 Å². The van der Waals surface area contributed by atoms with Gasteiger partial charge in [-0.2, -0.15) is 0 Å². The number of carbonyl (C=O) groups is 13. The summed E-state index contributed by atoms with van der Waals surface area (Å²) in [6.45, 7) is 15.0. The van der Waals surface area contributed by atoms with Crippen LogP contribution in [-0.4, -0.2) is 214 Å². The molecule has 1 saturated heterocycles. The second-order valence-electron chi connectivity index (χ2n) is 29.5. The molecule has 0 unspecified atom stereocenters. The minimum atomic E-state index is -1.79. The number of primary amides is 1. The van der Waals surface area contributed by atoms with Gasteiger partial charge in [0.1, 0.15) is 72.5 Å². The summed E-state index contributed by atoms with van der Waals surface area (Å²) in [7, 11) is 2.10. The van der Waals surface area contributed by atoms with E-state index in [1.165, 1.54) is 6.92 Å². The van der Waals surface area contributed by atoms with Crippen LogP contribution in [0.15, 0.2) is 60.8 Å². The van der Waals surface area contributed by atoms with Crippen LogP contribution in [0.4, 0.5) is 0 Å². The highest BCUT2D eigenvalue weighted by Crippen LogP contribution is 2.25. The smallest absolute Gasteiger partial charge is 0.245 e. The summed E-state index contributed by atoms with van der Waals surface area (Å²) in [6, 6.07) is -3.01. The lowest BCUT2D eigenvalue weighted by Gasteiger charge is -2.30. The fourth-order valence-electron chi connectivity index (χ4n) is 12.2. The Morgan fingerprint density at radius 3 is 1.28 bits per heavy atom. The van der Waals surface area contributed by atoms with Gasteiger partial charge in [-0.15, -0.1) is 0 Å². The Balaban J connectivity index is 1.86. The number of aromatic nitrogens is 1. The molecule has 1 aromatic heterocycles. The van der Waals surface area contributed by atoms with Crippen molar-refractivity contribution in [2.75, 3.05) is 37.7 Å². The van der Waals surface area contributed by atoms with E-state index >= 15 is 0 Å². The quantitative estimate of drug-likeness (QED) is 0.0319. The summed E-state index contributed by atoms with van der Waals surface area (Å²) in [6.07, 6.45) is 2.11. The average molecular weight is 1580 g/mol. The van der Waals surface area contributed by atoms with Crippen LogP contribution < -0.4 is 92.5 Å². The maximum atomic E-state index is 14.9. The molecule has 0 aliphatic carbocycles. The van der Waals surface area contributed by atoms with Crippen molar-refractivity contribution in [1.29, 1.82) is 0 Å². The van der Waals surface area contributed by atoms with E-state index in [0.29, 0.717) is 54.1 Å². The summed E-state index contributed by atoms with van der Waals surface area (Å²) in [5.41, 5.74) is 31.7. The molecule has 4 rings (SSSR count). The Morgan fingerprint density at radius 2 is 0.818 bits per heavy atom. The van der Waals surface area contributed by atoms with Gasteiger partial charge >= 0.3 is 0 Å². The molecule has 13 amide bonds. The van der Waals surface area contributed by atoms with Gasteiger partial charge < -0.3 is 108 Å². The molecule has 2 heterocycles. The molecular weight excluding hydrogens is 1460 g/mol. The Morgan fingerprint density at radius 1 is 0.445 bits per heavy atom. The van der Waals surface area contributed by atoms with Crippen molar-refractivity contribution < 1.29 is 72.5 Å². The van der Waals surface area contributed by atoms with Crippen LogP contribution in [0.1, 0.15) is 157 Å². The number of nitrogens with two attached hydrogens (primary N) is 5. The molecule has 0 radical (unpaired) electrons. The monoisotopic (exact) mass is 1580 g/mol. The Bertz CT molecular complexity index is 3480. The number of aliphatic hydroxyl groups is 2. The number of para-hydroxylation sites is 1. The predicted molar refractivity (Wildman–Crippen MR) is 423 cm³/mol. The van der Waals surface area contributed by atoms with Gasteiger partial charge in [-0.3, -0.25) is 62.3 Å². The van der Waals surface area contributed by atoms with Gasteiger partial charge in [-0.25, -0.2) is 0 Å². The number of amides is 13. The summed E-state index contributed by atoms with van der Waals surface area (Å²) >= 11 is 0. The normalized spacial score (nSPS) is 25.4. The molecule has 3 aromatic rings. The fourth-order valence-corrected chi connectivity index (χ4v) is 14.5. The first kappa shape index (κ1) is 93.9. The molecule has 0 bridgehead atoms.